The third kappa shape index (κ3) is 6.01. The standard InChI is InChI=1S/C27H30N6O/c1-18(2)26(22-6-4-3-5-7-22)33-24-13-10-20(16-29-24)14-25(34)30-15-19-8-11-21(12-9-19)23-17-31-27(28)32-23/h3-13,16-18,26H,14-15H2,1-2H3,(H,29,33)(H,30,34)(H3,28,31,32). The first-order valence-corrected chi connectivity index (χ1v) is 11.4. The van der Waals surface area contributed by atoms with E-state index in [1.807, 2.05) is 54.6 Å². The second kappa shape index (κ2) is 10.7. The van der Waals surface area contributed by atoms with Gasteiger partial charge in [-0.2, -0.15) is 0 Å². The summed E-state index contributed by atoms with van der Waals surface area (Å²) in [7, 11) is 0. The normalized spacial score (nSPS) is 11.9. The van der Waals surface area contributed by atoms with Crippen LogP contribution in [0, 0.1) is 5.92 Å². The molecule has 1 unspecified atom stereocenters. The maximum atomic E-state index is 12.4. The highest BCUT2D eigenvalue weighted by Gasteiger charge is 2.16. The smallest absolute Gasteiger partial charge is 0.224 e. The van der Waals surface area contributed by atoms with Gasteiger partial charge in [0, 0.05) is 12.7 Å². The number of nitrogens with two attached hydrogens (primary N) is 1. The maximum Gasteiger partial charge on any atom is 0.224 e. The molecule has 0 fully saturated rings. The molecule has 0 spiro atoms. The summed E-state index contributed by atoms with van der Waals surface area (Å²) in [6, 6.07) is 22.3. The number of rotatable bonds is 9. The Labute approximate surface area is 199 Å². The lowest BCUT2D eigenvalue weighted by atomic mass is 9.96. The van der Waals surface area contributed by atoms with Crippen LogP contribution in [0.5, 0.6) is 0 Å². The van der Waals surface area contributed by atoms with Gasteiger partial charge >= 0.3 is 0 Å². The second-order valence-corrected chi connectivity index (χ2v) is 8.66. The number of nitrogens with zero attached hydrogens (tertiary/aromatic N) is 2. The number of hydrogen-bond donors (Lipinski definition) is 4. The van der Waals surface area contributed by atoms with E-state index in [-0.39, 0.29) is 18.4 Å². The molecule has 1 atom stereocenters. The van der Waals surface area contributed by atoms with Gasteiger partial charge in [-0.25, -0.2) is 9.97 Å². The minimum atomic E-state index is -0.0442. The van der Waals surface area contributed by atoms with Gasteiger partial charge in [0.2, 0.25) is 5.91 Å². The van der Waals surface area contributed by atoms with Gasteiger partial charge in [-0.1, -0.05) is 74.5 Å². The van der Waals surface area contributed by atoms with Gasteiger partial charge in [0.05, 0.1) is 24.4 Å². The lowest BCUT2D eigenvalue weighted by Crippen LogP contribution is -2.24. The highest BCUT2D eigenvalue weighted by molar-refractivity contribution is 5.78. The number of carbonyl (C=O) groups excluding carboxylic acids is 1. The van der Waals surface area contributed by atoms with E-state index in [0.717, 1.165) is 28.2 Å². The topological polar surface area (TPSA) is 109 Å². The molecule has 0 saturated carbocycles. The van der Waals surface area contributed by atoms with Crippen LogP contribution in [0.3, 0.4) is 0 Å². The van der Waals surface area contributed by atoms with Crippen LogP contribution in [0.25, 0.3) is 11.3 Å². The number of aromatic amines is 1. The third-order valence-electron chi connectivity index (χ3n) is 5.67. The molecule has 0 radical (unpaired) electrons. The molecular formula is C27H30N6O. The highest BCUT2D eigenvalue weighted by Crippen LogP contribution is 2.25. The third-order valence-corrected chi connectivity index (χ3v) is 5.67. The number of imidazole rings is 1. The summed E-state index contributed by atoms with van der Waals surface area (Å²) in [5.41, 5.74) is 10.6. The maximum absolute atomic E-state index is 12.4. The van der Waals surface area contributed by atoms with E-state index in [1.54, 1.807) is 12.4 Å². The van der Waals surface area contributed by atoms with E-state index in [4.69, 9.17) is 5.73 Å². The monoisotopic (exact) mass is 454 g/mol. The molecule has 2 aromatic heterocycles. The largest absolute Gasteiger partial charge is 0.369 e. The molecule has 34 heavy (non-hydrogen) atoms. The van der Waals surface area contributed by atoms with Crippen molar-refractivity contribution in [1.82, 2.24) is 20.3 Å². The molecule has 4 rings (SSSR count). The number of carbonyl (C=O) groups is 1. The van der Waals surface area contributed by atoms with Crippen LogP contribution in [0.4, 0.5) is 11.8 Å². The van der Waals surface area contributed by atoms with Gasteiger partial charge in [-0.3, -0.25) is 4.79 Å². The molecule has 7 nitrogen and oxygen atoms in total. The van der Waals surface area contributed by atoms with E-state index in [2.05, 4.69) is 51.6 Å². The van der Waals surface area contributed by atoms with Gasteiger partial charge in [-0.15, -0.1) is 0 Å². The molecule has 174 valence electrons. The van der Waals surface area contributed by atoms with Gasteiger partial charge in [0.15, 0.2) is 5.95 Å². The Kier molecular flexibility index (Phi) is 7.22. The number of H-pyrrole nitrogens is 1. The van der Waals surface area contributed by atoms with Crippen LogP contribution in [0.1, 0.15) is 36.6 Å². The number of amides is 1. The van der Waals surface area contributed by atoms with Crippen molar-refractivity contribution in [2.75, 3.05) is 11.1 Å². The van der Waals surface area contributed by atoms with Crippen LogP contribution in [0.15, 0.2) is 79.1 Å². The van der Waals surface area contributed by atoms with E-state index >= 15 is 0 Å². The van der Waals surface area contributed by atoms with Crippen LogP contribution < -0.4 is 16.4 Å². The number of aromatic nitrogens is 3. The van der Waals surface area contributed by atoms with Gasteiger partial charge in [0.1, 0.15) is 5.82 Å². The summed E-state index contributed by atoms with van der Waals surface area (Å²) in [4.78, 5) is 24.0. The highest BCUT2D eigenvalue weighted by atomic mass is 16.1. The van der Waals surface area contributed by atoms with E-state index in [0.29, 0.717) is 18.4 Å². The first-order chi connectivity index (χ1) is 16.5. The van der Waals surface area contributed by atoms with Gasteiger partial charge in [0.25, 0.3) is 0 Å². The molecule has 0 aliphatic rings. The summed E-state index contributed by atoms with van der Waals surface area (Å²) < 4.78 is 0. The van der Waals surface area contributed by atoms with Crippen molar-refractivity contribution in [3.63, 3.8) is 0 Å². The molecular weight excluding hydrogens is 424 g/mol. The molecule has 5 N–H and O–H groups in total. The van der Waals surface area contributed by atoms with Crippen LogP contribution >= 0.6 is 0 Å². The molecule has 2 aromatic carbocycles. The minimum absolute atomic E-state index is 0.0442. The second-order valence-electron chi connectivity index (χ2n) is 8.66. The Hall–Kier alpha value is -4.13. The van der Waals surface area contributed by atoms with E-state index < -0.39 is 0 Å². The molecule has 7 heteroatoms. The van der Waals surface area contributed by atoms with Gasteiger partial charge < -0.3 is 21.4 Å². The quantitative estimate of drug-likeness (QED) is 0.293. The Morgan fingerprint density at radius 3 is 2.29 bits per heavy atom. The summed E-state index contributed by atoms with van der Waals surface area (Å²) in [5.74, 6) is 1.55. The van der Waals surface area contributed by atoms with E-state index in [9.17, 15) is 4.79 Å². The van der Waals surface area contributed by atoms with Crippen molar-refractivity contribution < 1.29 is 4.79 Å². The van der Waals surface area contributed by atoms with Crippen LogP contribution in [-0.4, -0.2) is 20.9 Å². The average Bonchev–Trinajstić information content (AvgIpc) is 3.29. The molecule has 1 amide bonds. The first-order valence-electron chi connectivity index (χ1n) is 11.4. The fourth-order valence-electron chi connectivity index (χ4n) is 3.80. The summed E-state index contributed by atoms with van der Waals surface area (Å²) in [6.07, 6.45) is 3.74. The fraction of sp³-hybridized carbons (Fsp3) is 0.222. The van der Waals surface area contributed by atoms with E-state index in [1.165, 1.54) is 5.56 Å². The minimum Gasteiger partial charge on any atom is -0.369 e. The molecule has 2 heterocycles. The Morgan fingerprint density at radius 1 is 0.941 bits per heavy atom. The number of nitrogen functional groups attached to an aromatic ring is 1. The number of nitrogens with one attached hydrogen (secondary N) is 3. The zero-order valence-corrected chi connectivity index (χ0v) is 19.5. The summed E-state index contributed by atoms with van der Waals surface area (Å²) >= 11 is 0. The first kappa shape index (κ1) is 23.0. The summed E-state index contributed by atoms with van der Waals surface area (Å²) in [5, 5.41) is 6.49. The number of hydrogen-bond acceptors (Lipinski definition) is 5. The predicted octanol–water partition coefficient (Wildman–Crippen LogP) is 4.72. The predicted molar refractivity (Wildman–Crippen MR) is 136 cm³/mol. The van der Waals surface area contributed by atoms with Crippen molar-refractivity contribution >= 4 is 17.7 Å². The molecule has 4 aromatic rings. The van der Waals surface area contributed by atoms with Crippen LogP contribution in [0.2, 0.25) is 0 Å². The number of benzene rings is 2. The summed E-state index contributed by atoms with van der Waals surface area (Å²) in [6.45, 7) is 4.83. The Bertz CT molecular complexity index is 1200. The Balaban J connectivity index is 1.29. The van der Waals surface area contributed by atoms with Gasteiger partial charge in [-0.05, 0) is 34.2 Å². The average molecular weight is 455 g/mol. The van der Waals surface area contributed by atoms with Crippen molar-refractivity contribution in [2.24, 2.45) is 5.92 Å². The SMILES string of the molecule is CC(C)C(Nc1ccc(CC(=O)NCc2ccc(-c3cnc(N)[nH]3)cc2)cn1)c1ccccc1. The fourth-order valence-corrected chi connectivity index (χ4v) is 3.80. The molecule has 0 bridgehead atoms. The lowest BCUT2D eigenvalue weighted by Gasteiger charge is -2.23. The van der Waals surface area contributed by atoms with Crippen molar-refractivity contribution in [3.8, 4) is 11.3 Å². The van der Waals surface area contributed by atoms with Crippen LogP contribution in [-0.2, 0) is 17.8 Å². The van der Waals surface area contributed by atoms with Crippen molar-refractivity contribution in [1.29, 1.82) is 0 Å². The number of anilines is 2. The zero-order valence-electron chi connectivity index (χ0n) is 19.5. The molecule has 0 aliphatic carbocycles. The zero-order chi connectivity index (χ0) is 23.9. The van der Waals surface area contributed by atoms with Crippen molar-refractivity contribution in [2.45, 2.75) is 32.9 Å². The Morgan fingerprint density at radius 2 is 1.68 bits per heavy atom. The molecule has 0 saturated heterocycles. The number of pyridine rings is 1. The lowest BCUT2D eigenvalue weighted by molar-refractivity contribution is -0.120. The van der Waals surface area contributed by atoms with Crippen molar-refractivity contribution in [3.05, 3.63) is 95.8 Å². The molecule has 0 aliphatic heterocycles.